The Kier molecular flexibility index (Phi) is 7.31. The Morgan fingerprint density at radius 3 is 2.56 bits per heavy atom. The van der Waals surface area contributed by atoms with Crippen LogP contribution in [0.1, 0.15) is 30.5 Å². The first-order chi connectivity index (χ1) is 13.3. The van der Waals surface area contributed by atoms with Crippen molar-refractivity contribution in [1.82, 2.24) is 10.2 Å². The zero-order valence-corrected chi connectivity index (χ0v) is 16.2. The van der Waals surface area contributed by atoms with Crippen molar-refractivity contribution in [2.45, 2.75) is 26.0 Å². The van der Waals surface area contributed by atoms with Crippen LogP contribution in [0.4, 0.5) is 0 Å². The molecule has 0 aliphatic carbocycles. The van der Waals surface area contributed by atoms with E-state index >= 15 is 0 Å². The van der Waals surface area contributed by atoms with Gasteiger partial charge < -0.3 is 14.8 Å². The Labute approximate surface area is 162 Å². The van der Waals surface area contributed by atoms with Gasteiger partial charge in [0.2, 0.25) is 0 Å². The van der Waals surface area contributed by atoms with Crippen LogP contribution in [0, 0.1) is 0 Å². The Hall–Kier alpha value is -2.30. The molecule has 0 saturated carbocycles. The zero-order valence-electron chi connectivity index (χ0n) is 16.2. The number of hydrogen-bond donors (Lipinski definition) is 1. The summed E-state index contributed by atoms with van der Waals surface area (Å²) in [6.45, 7) is 11.3. The van der Waals surface area contributed by atoms with Gasteiger partial charge in [0.05, 0.1) is 6.61 Å². The zero-order chi connectivity index (χ0) is 18.9. The highest BCUT2D eigenvalue weighted by Crippen LogP contribution is 2.34. The number of hydrogen-bond acceptors (Lipinski definition) is 4. The molecule has 0 bridgehead atoms. The van der Waals surface area contributed by atoms with E-state index < -0.39 is 0 Å². The predicted molar refractivity (Wildman–Crippen MR) is 110 cm³/mol. The van der Waals surface area contributed by atoms with Gasteiger partial charge in [-0.2, -0.15) is 0 Å². The van der Waals surface area contributed by atoms with Crippen LogP contribution in [0.15, 0.2) is 61.2 Å². The first-order valence-electron chi connectivity index (χ1n) is 9.81. The normalized spacial score (nSPS) is 15.9. The average Bonchev–Trinajstić information content (AvgIpc) is 2.73. The molecule has 1 aliphatic rings. The van der Waals surface area contributed by atoms with E-state index in [9.17, 15) is 0 Å². The minimum Gasteiger partial charge on any atom is -0.490 e. The number of piperazine rings is 1. The highest BCUT2D eigenvalue weighted by atomic mass is 16.5. The summed E-state index contributed by atoms with van der Waals surface area (Å²) in [4.78, 5) is 2.52. The fourth-order valence-electron chi connectivity index (χ4n) is 3.50. The number of benzene rings is 2. The van der Waals surface area contributed by atoms with Crippen molar-refractivity contribution >= 4 is 0 Å². The minimum absolute atomic E-state index is 0.326. The SMILES string of the molecule is C=CC[C@@H](c1ccc(OCc2ccccc2)c(OCC)c1)N1CCNCC1. The number of nitrogens with one attached hydrogen (secondary N) is 1. The summed E-state index contributed by atoms with van der Waals surface area (Å²) in [7, 11) is 0. The molecule has 4 heteroatoms. The van der Waals surface area contributed by atoms with E-state index in [1.54, 1.807) is 0 Å². The standard InChI is InChI=1S/C23H30N2O2/c1-3-8-21(25-15-13-24-14-16-25)20-11-12-22(23(17-20)26-4-2)27-18-19-9-6-5-7-10-19/h3,5-7,9-12,17,21,24H,1,4,8,13-16,18H2,2H3/t21-/m0/s1. The molecule has 4 nitrogen and oxygen atoms in total. The topological polar surface area (TPSA) is 33.7 Å². The van der Waals surface area contributed by atoms with E-state index in [0.29, 0.717) is 19.3 Å². The van der Waals surface area contributed by atoms with Gasteiger partial charge in [-0.1, -0.05) is 42.5 Å². The molecule has 0 unspecified atom stereocenters. The molecule has 2 aromatic rings. The van der Waals surface area contributed by atoms with Crippen LogP contribution in [0.3, 0.4) is 0 Å². The molecular weight excluding hydrogens is 336 g/mol. The van der Waals surface area contributed by atoms with Crippen LogP contribution < -0.4 is 14.8 Å². The predicted octanol–water partition coefficient (Wildman–Crippen LogP) is 4.19. The molecule has 1 heterocycles. The summed E-state index contributed by atoms with van der Waals surface area (Å²) < 4.78 is 11.9. The molecule has 0 spiro atoms. The third-order valence-electron chi connectivity index (χ3n) is 4.87. The van der Waals surface area contributed by atoms with E-state index in [1.165, 1.54) is 5.56 Å². The minimum atomic E-state index is 0.326. The van der Waals surface area contributed by atoms with Crippen molar-refractivity contribution in [3.05, 3.63) is 72.3 Å². The highest BCUT2D eigenvalue weighted by Gasteiger charge is 2.22. The second-order valence-corrected chi connectivity index (χ2v) is 6.74. The van der Waals surface area contributed by atoms with Gasteiger partial charge in [-0.25, -0.2) is 0 Å². The maximum atomic E-state index is 6.05. The second-order valence-electron chi connectivity index (χ2n) is 6.74. The van der Waals surface area contributed by atoms with Crippen molar-refractivity contribution in [2.75, 3.05) is 32.8 Å². The maximum absolute atomic E-state index is 6.05. The van der Waals surface area contributed by atoms with Crippen LogP contribution in [0.2, 0.25) is 0 Å². The van der Waals surface area contributed by atoms with Crippen molar-refractivity contribution in [1.29, 1.82) is 0 Å². The molecule has 0 amide bonds. The molecule has 144 valence electrons. The molecule has 1 atom stereocenters. The summed E-state index contributed by atoms with van der Waals surface area (Å²) >= 11 is 0. The Morgan fingerprint density at radius 2 is 1.85 bits per heavy atom. The summed E-state index contributed by atoms with van der Waals surface area (Å²) in [6.07, 6.45) is 2.93. The van der Waals surface area contributed by atoms with Gasteiger partial charge in [0, 0.05) is 32.2 Å². The fourth-order valence-corrected chi connectivity index (χ4v) is 3.50. The van der Waals surface area contributed by atoms with Gasteiger partial charge in [0.15, 0.2) is 11.5 Å². The lowest BCUT2D eigenvalue weighted by atomic mass is 10.0. The summed E-state index contributed by atoms with van der Waals surface area (Å²) in [5.74, 6) is 1.61. The molecule has 27 heavy (non-hydrogen) atoms. The smallest absolute Gasteiger partial charge is 0.161 e. The number of nitrogens with zero attached hydrogens (tertiary/aromatic N) is 1. The van der Waals surface area contributed by atoms with Gasteiger partial charge in [0.1, 0.15) is 6.61 Å². The van der Waals surface area contributed by atoms with E-state index in [2.05, 4.69) is 41.1 Å². The van der Waals surface area contributed by atoms with Gasteiger partial charge in [-0.3, -0.25) is 4.90 Å². The fraction of sp³-hybridized carbons (Fsp3) is 0.391. The van der Waals surface area contributed by atoms with Crippen LogP contribution in [0.5, 0.6) is 11.5 Å². The lowest BCUT2D eigenvalue weighted by Gasteiger charge is -2.35. The first kappa shape index (κ1) is 19.5. The lowest BCUT2D eigenvalue weighted by molar-refractivity contribution is 0.174. The number of ether oxygens (including phenoxy) is 2. The highest BCUT2D eigenvalue weighted by molar-refractivity contribution is 5.44. The largest absolute Gasteiger partial charge is 0.490 e. The van der Waals surface area contributed by atoms with E-state index in [0.717, 1.165) is 49.7 Å². The Morgan fingerprint density at radius 1 is 1.07 bits per heavy atom. The quantitative estimate of drug-likeness (QED) is 0.675. The summed E-state index contributed by atoms with van der Waals surface area (Å²) in [6, 6.07) is 16.9. The number of rotatable bonds is 9. The summed E-state index contributed by atoms with van der Waals surface area (Å²) in [5.41, 5.74) is 2.40. The van der Waals surface area contributed by atoms with Crippen molar-refractivity contribution in [3.63, 3.8) is 0 Å². The molecule has 0 radical (unpaired) electrons. The van der Waals surface area contributed by atoms with Crippen molar-refractivity contribution in [2.24, 2.45) is 0 Å². The van der Waals surface area contributed by atoms with Gasteiger partial charge in [0.25, 0.3) is 0 Å². The third-order valence-corrected chi connectivity index (χ3v) is 4.87. The van der Waals surface area contributed by atoms with Gasteiger partial charge >= 0.3 is 0 Å². The molecule has 2 aromatic carbocycles. The van der Waals surface area contributed by atoms with Crippen LogP contribution in [-0.4, -0.2) is 37.7 Å². The van der Waals surface area contributed by atoms with E-state index in [1.807, 2.05) is 37.3 Å². The van der Waals surface area contributed by atoms with E-state index in [4.69, 9.17) is 9.47 Å². The van der Waals surface area contributed by atoms with Gasteiger partial charge in [-0.15, -0.1) is 6.58 Å². The van der Waals surface area contributed by atoms with Crippen LogP contribution >= 0.6 is 0 Å². The molecule has 0 aromatic heterocycles. The molecule has 1 aliphatic heterocycles. The third kappa shape index (κ3) is 5.34. The molecule has 1 fully saturated rings. The lowest BCUT2D eigenvalue weighted by Crippen LogP contribution is -2.45. The Bertz CT molecular complexity index is 712. The van der Waals surface area contributed by atoms with Crippen molar-refractivity contribution < 1.29 is 9.47 Å². The second kappa shape index (κ2) is 10.1. The monoisotopic (exact) mass is 366 g/mol. The molecular formula is C23H30N2O2. The van der Waals surface area contributed by atoms with Crippen LogP contribution in [-0.2, 0) is 6.61 Å². The molecule has 1 N–H and O–H groups in total. The summed E-state index contributed by atoms with van der Waals surface area (Å²) in [5, 5.41) is 3.42. The van der Waals surface area contributed by atoms with Gasteiger partial charge in [-0.05, 0) is 36.6 Å². The molecule has 3 rings (SSSR count). The average molecular weight is 367 g/mol. The Balaban J connectivity index is 1.79. The van der Waals surface area contributed by atoms with Crippen LogP contribution in [0.25, 0.3) is 0 Å². The van der Waals surface area contributed by atoms with Crippen molar-refractivity contribution in [3.8, 4) is 11.5 Å². The molecule has 1 saturated heterocycles. The van der Waals surface area contributed by atoms with E-state index in [-0.39, 0.29) is 0 Å². The maximum Gasteiger partial charge on any atom is 0.161 e. The first-order valence-corrected chi connectivity index (χ1v) is 9.81.